The zero-order chi connectivity index (χ0) is 24.3. The first-order valence-corrected chi connectivity index (χ1v) is 12.3. The molecule has 1 N–H and O–H groups in total. The van der Waals surface area contributed by atoms with Crippen molar-refractivity contribution < 1.29 is 14.2 Å². The molecule has 2 aliphatic rings. The second-order valence-electron chi connectivity index (χ2n) is 10.7. The van der Waals surface area contributed by atoms with Gasteiger partial charge in [0.05, 0.1) is 44.8 Å². The molecule has 1 atom stereocenters. The Kier molecular flexibility index (Phi) is 5.36. The van der Waals surface area contributed by atoms with Crippen molar-refractivity contribution in [2.45, 2.75) is 51.3 Å². The van der Waals surface area contributed by atoms with Crippen LogP contribution in [0.15, 0.2) is 36.8 Å². The molecule has 4 aromatic rings. The average molecular weight is 476 g/mol. The lowest BCUT2D eigenvalue weighted by atomic mass is 9.93. The Hall–Kier alpha value is -2.94. The fourth-order valence-corrected chi connectivity index (χ4v) is 5.55. The number of nitrogens with zero attached hydrogens (tertiary/aromatic N) is 4. The minimum absolute atomic E-state index is 0.0124. The highest BCUT2D eigenvalue weighted by atomic mass is 16.5. The first-order chi connectivity index (χ1) is 16.9. The van der Waals surface area contributed by atoms with E-state index in [-0.39, 0.29) is 11.6 Å². The van der Waals surface area contributed by atoms with Crippen molar-refractivity contribution in [2.75, 3.05) is 33.5 Å². The van der Waals surface area contributed by atoms with E-state index >= 15 is 0 Å². The lowest BCUT2D eigenvalue weighted by molar-refractivity contribution is -0.167. The van der Waals surface area contributed by atoms with E-state index in [2.05, 4.69) is 65.9 Å². The van der Waals surface area contributed by atoms with Crippen molar-refractivity contribution in [3.63, 3.8) is 0 Å². The molecule has 2 saturated heterocycles. The summed E-state index contributed by atoms with van der Waals surface area (Å²) in [5, 5.41) is 5.58. The summed E-state index contributed by atoms with van der Waals surface area (Å²) in [6, 6.07) is 9.21. The van der Waals surface area contributed by atoms with E-state index in [9.17, 15) is 0 Å². The van der Waals surface area contributed by atoms with Gasteiger partial charge in [-0.2, -0.15) is 5.10 Å². The van der Waals surface area contributed by atoms with Crippen LogP contribution in [0.1, 0.15) is 50.8 Å². The molecule has 0 radical (unpaired) electrons. The first kappa shape index (κ1) is 22.5. The number of fused-ring (bicyclic) bond motifs is 2. The van der Waals surface area contributed by atoms with E-state index in [0.717, 1.165) is 36.5 Å². The Balaban J connectivity index is 1.42. The number of hydrogen-bond donors (Lipinski definition) is 1. The normalized spacial score (nSPS) is 21.1. The maximum absolute atomic E-state index is 6.41. The van der Waals surface area contributed by atoms with Crippen LogP contribution in [0.3, 0.4) is 0 Å². The van der Waals surface area contributed by atoms with Crippen LogP contribution in [0.2, 0.25) is 0 Å². The van der Waals surface area contributed by atoms with Gasteiger partial charge in [-0.1, -0.05) is 19.9 Å². The van der Waals surface area contributed by atoms with Crippen LogP contribution in [0, 0.1) is 0 Å². The summed E-state index contributed by atoms with van der Waals surface area (Å²) in [5.74, 6) is 1.02. The summed E-state index contributed by atoms with van der Waals surface area (Å²) in [4.78, 5) is 10.6. The van der Waals surface area contributed by atoms with Crippen molar-refractivity contribution in [2.24, 2.45) is 0 Å². The molecule has 184 valence electrons. The zero-order valence-corrected chi connectivity index (χ0v) is 21.0. The SMILES string of the molecule is COc1cc(-c2[nH]c3ccc(C4CN(C5COC5)C(C)(C)CO4)cc3c2C(C)C)cn2ncnc12. The Morgan fingerprint density at radius 2 is 2.03 bits per heavy atom. The second kappa shape index (κ2) is 8.33. The number of nitrogens with one attached hydrogen (secondary N) is 1. The van der Waals surface area contributed by atoms with E-state index in [0.29, 0.717) is 30.0 Å². The number of ether oxygens (including phenoxy) is 3. The summed E-state index contributed by atoms with van der Waals surface area (Å²) in [5.41, 5.74) is 6.44. The maximum atomic E-state index is 6.41. The summed E-state index contributed by atoms with van der Waals surface area (Å²) in [6.45, 7) is 12.2. The maximum Gasteiger partial charge on any atom is 0.197 e. The minimum atomic E-state index is 0.0124. The van der Waals surface area contributed by atoms with Crippen molar-refractivity contribution in [3.8, 4) is 17.0 Å². The molecule has 2 fully saturated rings. The predicted octanol–water partition coefficient (Wildman–Crippen LogP) is 4.56. The molecule has 0 aliphatic carbocycles. The lowest BCUT2D eigenvalue weighted by Gasteiger charge is -2.51. The Morgan fingerprint density at radius 3 is 2.74 bits per heavy atom. The molecule has 0 amide bonds. The third kappa shape index (κ3) is 3.71. The van der Waals surface area contributed by atoms with Gasteiger partial charge < -0.3 is 19.2 Å². The number of H-pyrrole nitrogens is 1. The van der Waals surface area contributed by atoms with Gasteiger partial charge in [-0.25, -0.2) is 9.50 Å². The van der Waals surface area contributed by atoms with Crippen LogP contribution in [-0.4, -0.2) is 69.5 Å². The minimum Gasteiger partial charge on any atom is -0.493 e. The molecule has 3 aromatic heterocycles. The van der Waals surface area contributed by atoms with Gasteiger partial charge in [-0.3, -0.25) is 4.90 Å². The van der Waals surface area contributed by atoms with Crippen LogP contribution >= 0.6 is 0 Å². The van der Waals surface area contributed by atoms with Crippen LogP contribution < -0.4 is 4.74 Å². The molecule has 6 rings (SSSR count). The topological polar surface area (TPSA) is 76.9 Å². The van der Waals surface area contributed by atoms with Crippen molar-refractivity contribution in [1.82, 2.24) is 24.5 Å². The average Bonchev–Trinajstić information content (AvgIpc) is 3.42. The lowest BCUT2D eigenvalue weighted by Crippen LogP contribution is -2.63. The predicted molar refractivity (Wildman–Crippen MR) is 135 cm³/mol. The van der Waals surface area contributed by atoms with Crippen LogP contribution in [0.5, 0.6) is 5.75 Å². The third-order valence-corrected chi connectivity index (χ3v) is 7.50. The quantitative estimate of drug-likeness (QED) is 0.456. The highest BCUT2D eigenvalue weighted by Crippen LogP contribution is 2.40. The zero-order valence-electron chi connectivity index (χ0n) is 21.0. The first-order valence-electron chi connectivity index (χ1n) is 12.3. The van der Waals surface area contributed by atoms with Gasteiger partial charge in [-0.15, -0.1) is 0 Å². The molecule has 1 unspecified atom stereocenters. The smallest absolute Gasteiger partial charge is 0.197 e. The molecular formula is C27H33N5O3. The van der Waals surface area contributed by atoms with Crippen molar-refractivity contribution in [1.29, 1.82) is 0 Å². The van der Waals surface area contributed by atoms with Crippen LogP contribution in [0.4, 0.5) is 0 Å². The Labute approximate surface area is 205 Å². The Bertz CT molecular complexity index is 1380. The molecule has 2 aliphatic heterocycles. The number of aromatic nitrogens is 4. The second-order valence-corrected chi connectivity index (χ2v) is 10.7. The van der Waals surface area contributed by atoms with Crippen molar-refractivity contribution in [3.05, 3.63) is 47.9 Å². The molecule has 0 spiro atoms. The molecule has 0 saturated carbocycles. The fourth-order valence-electron chi connectivity index (χ4n) is 5.55. The van der Waals surface area contributed by atoms with Gasteiger partial charge in [0.25, 0.3) is 0 Å². The number of methoxy groups -OCH3 is 1. The molecule has 1 aromatic carbocycles. The van der Waals surface area contributed by atoms with E-state index < -0.39 is 0 Å². The van der Waals surface area contributed by atoms with E-state index in [1.54, 1.807) is 18.0 Å². The molecule has 8 nitrogen and oxygen atoms in total. The van der Waals surface area contributed by atoms with Gasteiger partial charge >= 0.3 is 0 Å². The van der Waals surface area contributed by atoms with Gasteiger partial charge in [0.15, 0.2) is 11.4 Å². The summed E-state index contributed by atoms with van der Waals surface area (Å²) >= 11 is 0. The monoisotopic (exact) mass is 475 g/mol. The van der Waals surface area contributed by atoms with Gasteiger partial charge in [0.1, 0.15) is 6.33 Å². The Morgan fingerprint density at radius 1 is 1.20 bits per heavy atom. The van der Waals surface area contributed by atoms with E-state index in [1.165, 1.54) is 16.5 Å². The fraction of sp³-hybridized carbons (Fsp3) is 0.481. The third-order valence-electron chi connectivity index (χ3n) is 7.50. The van der Waals surface area contributed by atoms with Gasteiger partial charge in [0.2, 0.25) is 0 Å². The van der Waals surface area contributed by atoms with E-state index in [1.807, 2.05) is 12.3 Å². The van der Waals surface area contributed by atoms with Crippen molar-refractivity contribution >= 4 is 16.6 Å². The molecule has 35 heavy (non-hydrogen) atoms. The number of aromatic amines is 1. The van der Waals surface area contributed by atoms with Crippen LogP contribution in [0.25, 0.3) is 27.8 Å². The molecular weight excluding hydrogens is 442 g/mol. The van der Waals surface area contributed by atoms with Gasteiger partial charge in [0, 0.05) is 34.7 Å². The van der Waals surface area contributed by atoms with Gasteiger partial charge in [-0.05, 0) is 49.1 Å². The molecule has 5 heterocycles. The molecule has 8 heteroatoms. The number of morpholine rings is 1. The number of hydrogen-bond acceptors (Lipinski definition) is 6. The number of rotatable bonds is 5. The standard InChI is InChI=1S/C27H33N5O3/c1-16(2)24-20-8-17(23-11-31(19-12-34-13-19)27(3,4)14-35-23)6-7-21(20)30-25(24)18-9-22(33-5)26-28-15-29-32(26)10-18/h6-10,15-16,19,23,30H,11-14H2,1-5H3. The summed E-state index contributed by atoms with van der Waals surface area (Å²) < 4.78 is 19.3. The van der Waals surface area contributed by atoms with Crippen LogP contribution in [-0.2, 0) is 9.47 Å². The largest absolute Gasteiger partial charge is 0.493 e. The number of pyridine rings is 1. The summed E-state index contributed by atoms with van der Waals surface area (Å²) in [6.07, 6.45) is 3.60. The highest BCUT2D eigenvalue weighted by Gasteiger charge is 2.42. The van der Waals surface area contributed by atoms with E-state index in [4.69, 9.17) is 14.2 Å². The number of benzene rings is 1. The molecule has 0 bridgehead atoms. The summed E-state index contributed by atoms with van der Waals surface area (Å²) in [7, 11) is 1.67. The highest BCUT2D eigenvalue weighted by molar-refractivity contribution is 5.92.